The first-order valence-corrected chi connectivity index (χ1v) is 11.8. The molecule has 4 aromatic rings. The van der Waals surface area contributed by atoms with Crippen molar-refractivity contribution in [1.82, 2.24) is 0 Å². The van der Waals surface area contributed by atoms with Gasteiger partial charge in [0, 0.05) is 11.1 Å². The SMILES string of the molecule is CC(C)(C)c1cc(O)c(-c2c(O)cc(C(C)(C)C)cc2-c2ccccc2)c(-c2ccccc2)c1. The molecule has 0 aliphatic heterocycles. The number of benzene rings is 4. The molecule has 2 nitrogen and oxygen atoms in total. The lowest BCUT2D eigenvalue weighted by atomic mass is 9.79. The van der Waals surface area contributed by atoms with Gasteiger partial charge in [0.15, 0.2) is 0 Å². The highest BCUT2D eigenvalue weighted by Crippen LogP contribution is 2.50. The molecular formula is C32H34O2. The first kappa shape index (κ1) is 23.6. The molecule has 4 aromatic carbocycles. The quantitative estimate of drug-likeness (QED) is 0.328. The maximum atomic E-state index is 11.5. The van der Waals surface area contributed by atoms with Crippen molar-refractivity contribution >= 4 is 0 Å². The molecule has 0 spiro atoms. The summed E-state index contributed by atoms with van der Waals surface area (Å²) in [5.41, 5.74) is 6.91. The summed E-state index contributed by atoms with van der Waals surface area (Å²) in [7, 11) is 0. The van der Waals surface area contributed by atoms with E-state index < -0.39 is 0 Å². The van der Waals surface area contributed by atoms with Crippen molar-refractivity contribution < 1.29 is 10.2 Å². The van der Waals surface area contributed by atoms with Gasteiger partial charge in [-0.05, 0) is 68.5 Å². The zero-order chi connectivity index (χ0) is 24.7. The fourth-order valence-corrected chi connectivity index (χ4v) is 4.34. The van der Waals surface area contributed by atoms with Crippen LogP contribution in [0.2, 0.25) is 0 Å². The normalized spacial score (nSPS) is 12.1. The average Bonchev–Trinajstić information content (AvgIpc) is 2.78. The molecule has 4 rings (SSSR count). The van der Waals surface area contributed by atoms with E-state index in [1.165, 1.54) is 0 Å². The van der Waals surface area contributed by atoms with Gasteiger partial charge in [-0.2, -0.15) is 0 Å². The lowest BCUT2D eigenvalue weighted by Crippen LogP contribution is -2.12. The Morgan fingerprint density at radius 2 is 0.794 bits per heavy atom. The van der Waals surface area contributed by atoms with Gasteiger partial charge in [-0.1, -0.05) is 102 Å². The Bertz CT molecular complexity index is 1200. The van der Waals surface area contributed by atoms with Gasteiger partial charge < -0.3 is 10.2 Å². The van der Waals surface area contributed by atoms with Gasteiger partial charge in [0.2, 0.25) is 0 Å². The largest absolute Gasteiger partial charge is 0.507 e. The molecule has 0 fully saturated rings. The van der Waals surface area contributed by atoms with Crippen molar-refractivity contribution in [2.45, 2.75) is 52.4 Å². The Morgan fingerprint density at radius 1 is 0.471 bits per heavy atom. The molecule has 2 heteroatoms. The van der Waals surface area contributed by atoms with Crippen molar-refractivity contribution in [3.05, 3.63) is 96.1 Å². The van der Waals surface area contributed by atoms with Crippen molar-refractivity contribution in [2.24, 2.45) is 0 Å². The minimum atomic E-state index is -0.139. The highest BCUT2D eigenvalue weighted by atomic mass is 16.3. The van der Waals surface area contributed by atoms with Crippen LogP contribution in [0.3, 0.4) is 0 Å². The second kappa shape index (κ2) is 8.68. The smallest absolute Gasteiger partial charge is 0.124 e. The van der Waals surface area contributed by atoms with Crippen LogP contribution in [0.15, 0.2) is 84.9 Å². The summed E-state index contributed by atoms with van der Waals surface area (Å²) in [6.07, 6.45) is 0. The minimum Gasteiger partial charge on any atom is -0.507 e. The fraction of sp³-hybridized carbons (Fsp3) is 0.250. The maximum Gasteiger partial charge on any atom is 0.124 e. The zero-order valence-electron chi connectivity index (χ0n) is 21.0. The number of aromatic hydroxyl groups is 2. The molecule has 0 radical (unpaired) electrons. The molecule has 0 aliphatic carbocycles. The van der Waals surface area contributed by atoms with Gasteiger partial charge in [-0.25, -0.2) is 0 Å². The van der Waals surface area contributed by atoms with Crippen molar-refractivity contribution in [3.8, 4) is 44.9 Å². The van der Waals surface area contributed by atoms with E-state index >= 15 is 0 Å². The predicted octanol–water partition coefficient (Wildman–Crippen LogP) is 8.69. The predicted molar refractivity (Wildman–Crippen MR) is 143 cm³/mol. The van der Waals surface area contributed by atoms with Crippen molar-refractivity contribution in [2.75, 3.05) is 0 Å². The molecule has 174 valence electrons. The first-order valence-electron chi connectivity index (χ1n) is 11.8. The molecule has 0 aromatic heterocycles. The van der Waals surface area contributed by atoms with Crippen molar-refractivity contribution in [3.63, 3.8) is 0 Å². The Balaban J connectivity index is 2.13. The highest BCUT2D eigenvalue weighted by molar-refractivity contribution is 5.98. The molecule has 0 amide bonds. The third-order valence-electron chi connectivity index (χ3n) is 6.39. The summed E-state index contributed by atoms with van der Waals surface area (Å²) in [6.45, 7) is 12.8. The highest BCUT2D eigenvalue weighted by Gasteiger charge is 2.26. The van der Waals surface area contributed by atoms with Crippen LogP contribution in [0.25, 0.3) is 33.4 Å². The van der Waals surface area contributed by atoms with Gasteiger partial charge in [-0.15, -0.1) is 0 Å². The second-order valence-electron chi connectivity index (χ2n) is 11.1. The molecule has 0 heterocycles. The summed E-state index contributed by atoms with van der Waals surface area (Å²) in [5, 5.41) is 22.9. The zero-order valence-corrected chi connectivity index (χ0v) is 21.0. The van der Waals surface area contributed by atoms with E-state index in [1.54, 1.807) is 0 Å². The van der Waals surface area contributed by atoms with Gasteiger partial charge >= 0.3 is 0 Å². The van der Waals surface area contributed by atoms with Crippen LogP contribution < -0.4 is 0 Å². The lowest BCUT2D eigenvalue weighted by Gasteiger charge is -2.26. The number of hydrogen-bond acceptors (Lipinski definition) is 2. The van der Waals surface area contributed by atoms with Crippen molar-refractivity contribution in [1.29, 1.82) is 0 Å². The van der Waals surface area contributed by atoms with Gasteiger partial charge in [0.05, 0.1) is 0 Å². The molecule has 34 heavy (non-hydrogen) atoms. The molecule has 0 aliphatic rings. The molecule has 0 bridgehead atoms. The first-order chi connectivity index (χ1) is 16.0. The Hall–Kier alpha value is -3.52. The van der Waals surface area contributed by atoms with Crippen LogP contribution in [-0.2, 0) is 10.8 Å². The summed E-state index contributed by atoms with van der Waals surface area (Å²) in [6, 6.07) is 28.2. The van der Waals surface area contributed by atoms with Crippen LogP contribution >= 0.6 is 0 Å². The summed E-state index contributed by atoms with van der Waals surface area (Å²) in [4.78, 5) is 0. The standard InChI is InChI=1S/C32H34O2/c1-31(2,3)23-17-25(21-13-9-7-10-14-21)29(27(33)19-23)30-26(22-15-11-8-12-16-22)18-24(20-28(30)34)32(4,5)6/h7-20,33-34H,1-6H3. The number of hydrogen-bond donors (Lipinski definition) is 2. The minimum absolute atomic E-state index is 0.139. The van der Waals surface area contributed by atoms with E-state index in [1.807, 2.05) is 72.8 Å². The van der Waals surface area contributed by atoms with Crippen LogP contribution in [0.1, 0.15) is 52.7 Å². The number of phenolic OH excluding ortho intramolecular Hbond substituents is 2. The third kappa shape index (κ3) is 4.59. The average molecular weight is 451 g/mol. The van der Waals surface area contributed by atoms with Crippen LogP contribution in [0.4, 0.5) is 0 Å². The third-order valence-corrected chi connectivity index (χ3v) is 6.39. The van der Waals surface area contributed by atoms with E-state index in [0.29, 0.717) is 11.1 Å². The summed E-state index contributed by atoms with van der Waals surface area (Å²) in [5.74, 6) is 0.338. The van der Waals surface area contributed by atoms with E-state index in [4.69, 9.17) is 0 Å². The van der Waals surface area contributed by atoms with E-state index in [0.717, 1.165) is 33.4 Å². The Morgan fingerprint density at radius 3 is 1.09 bits per heavy atom. The molecule has 2 N–H and O–H groups in total. The number of phenols is 2. The lowest BCUT2D eigenvalue weighted by molar-refractivity contribution is 0.465. The summed E-state index contributed by atoms with van der Waals surface area (Å²) < 4.78 is 0. The molecule has 0 saturated heterocycles. The maximum absolute atomic E-state index is 11.5. The molecule has 0 saturated carbocycles. The van der Waals surface area contributed by atoms with E-state index in [9.17, 15) is 10.2 Å². The number of rotatable bonds is 3. The van der Waals surface area contributed by atoms with Gasteiger partial charge in [0.25, 0.3) is 0 Å². The van der Waals surface area contributed by atoms with Gasteiger partial charge in [-0.3, -0.25) is 0 Å². The van der Waals surface area contributed by atoms with E-state index in [2.05, 4.69) is 53.7 Å². The van der Waals surface area contributed by atoms with Gasteiger partial charge in [0.1, 0.15) is 11.5 Å². The second-order valence-corrected chi connectivity index (χ2v) is 11.1. The molecular weight excluding hydrogens is 416 g/mol. The monoisotopic (exact) mass is 450 g/mol. The van der Waals surface area contributed by atoms with E-state index in [-0.39, 0.29) is 22.3 Å². The Kier molecular flexibility index (Phi) is 6.03. The fourth-order valence-electron chi connectivity index (χ4n) is 4.34. The molecule has 0 unspecified atom stereocenters. The molecule has 0 atom stereocenters. The summed E-state index contributed by atoms with van der Waals surface area (Å²) >= 11 is 0. The van der Waals surface area contributed by atoms with Crippen LogP contribution in [0.5, 0.6) is 11.5 Å². The van der Waals surface area contributed by atoms with Crippen LogP contribution in [0, 0.1) is 0 Å². The van der Waals surface area contributed by atoms with Crippen LogP contribution in [-0.4, -0.2) is 10.2 Å². The topological polar surface area (TPSA) is 40.5 Å². The Labute approximate surface area is 203 Å².